The quantitative estimate of drug-likeness (QED) is 0.758. The van der Waals surface area contributed by atoms with Gasteiger partial charge in [0, 0.05) is 31.7 Å². The lowest BCUT2D eigenvalue weighted by molar-refractivity contribution is 0.604. The predicted molar refractivity (Wildman–Crippen MR) is 72.2 cm³/mol. The van der Waals surface area contributed by atoms with Gasteiger partial charge in [-0.05, 0) is 31.0 Å². The normalized spacial score (nSPS) is 10.7. The Morgan fingerprint density at radius 1 is 1.28 bits per heavy atom. The fourth-order valence-corrected chi connectivity index (χ4v) is 1.89. The molecule has 96 valence electrons. The van der Waals surface area contributed by atoms with Gasteiger partial charge in [-0.3, -0.25) is 4.98 Å². The van der Waals surface area contributed by atoms with Crippen molar-refractivity contribution in [3.05, 3.63) is 48.3 Å². The lowest BCUT2D eigenvalue weighted by Gasteiger charge is -2.08. The van der Waals surface area contributed by atoms with Crippen LogP contribution in [-0.2, 0) is 19.5 Å². The van der Waals surface area contributed by atoms with E-state index in [0.29, 0.717) is 0 Å². The second-order valence-corrected chi connectivity index (χ2v) is 4.37. The summed E-state index contributed by atoms with van der Waals surface area (Å²) in [6.07, 6.45) is 9.72. The molecule has 0 bridgehead atoms. The van der Waals surface area contributed by atoms with E-state index in [9.17, 15) is 0 Å². The summed E-state index contributed by atoms with van der Waals surface area (Å²) in [5.41, 5.74) is 2.51. The number of aromatic nitrogens is 3. The molecule has 2 aromatic rings. The van der Waals surface area contributed by atoms with Gasteiger partial charge in [0.2, 0.25) is 0 Å². The Balaban J connectivity index is 1.87. The van der Waals surface area contributed by atoms with Crippen LogP contribution in [0.1, 0.15) is 24.6 Å². The number of hydrogen-bond donors (Lipinski definition) is 1. The molecule has 0 aliphatic carbocycles. The summed E-state index contributed by atoms with van der Waals surface area (Å²) < 4.78 is 2.20. The molecule has 1 N–H and O–H groups in total. The number of pyridine rings is 1. The molecule has 0 aliphatic rings. The third-order valence-electron chi connectivity index (χ3n) is 2.90. The van der Waals surface area contributed by atoms with Crippen LogP contribution in [0.25, 0.3) is 0 Å². The van der Waals surface area contributed by atoms with E-state index in [1.54, 1.807) is 6.20 Å². The summed E-state index contributed by atoms with van der Waals surface area (Å²) in [5, 5.41) is 3.40. The van der Waals surface area contributed by atoms with Crippen molar-refractivity contribution in [2.75, 3.05) is 6.54 Å². The van der Waals surface area contributed by atoms with Gasteiger partial charge in [-0.15, -0.1) is 0 Å². The topological polar surface area (TPSA) is 42.7 Å². The standard InChI is InChI=1S/C14H20N4/c1-2-6-15-10-14-11-17-12-18(14)8-5-13-4-3-7-16-9-13/h3-4,7,9,11-12,15H,2,5-6,8,10H2,1H3. The van der Waals surface area contributed by atoms with E-state index >= 15 is 0 Å². The molecule has 0 fully saturated rings. The first-order valence-electron chi connectivity index (χ1n) is 6.48. The lowest BCUT2D eigenvalue weighted by Crippen LogP contribution is -2.17. The summed E-state index contributed by atoms with van der Waals surface area (Å²) in [6.45, 7) is 5.07. The van der Waals surface area contributed by atoms with Gasteiger partial charge >= 0.3 is 0 Å². The maximum Gasteiger partial charge on any atom is 0.0948 e. The van der Waals surface area contributed by atoms with Gasteiger partial charge in [0.05, 0.1) is 12.0 Å². The highest BCUT2D eigenvalue weighted by atomic mass is 15.1. The minimum Gasteiger partial charge on any atom is -0.333 e. The minimum atomic E-state index is 0.890. The summed E-state index contributed by atoms with van der Waals surface area (Å²) in [6, 6.07) is 4.09. The summed E-state index contributed by atoms with van der Waals surface area (Å²) in [5.74, 6) is 0. The van der Waals surface area contributed by atoms with Crippen LogP contribution in [0.15, 0.2) is 37.1 Å². The third kappa shape index (κ3) is 3.67. The Morgan fingerprint density at radius 2 is 2.22 bits per heavy atom. The predicted octanol–water partition coefficient (Wildman–Crippen LogP) is 2.02. The second-order valence-electron chi connectivity index (χ2n) is 4.37. The first-order chi connectivity index (χ1) is 8.90. The molecule has 0 saturated carbocycles. The minimum absolute atomic E-state index is 0.890. The highest BCUT2D eigenvalue weighted by Gasteiger charge is 2.01. The molecule has 4 nitrogen and oxygen atoms in total. The van der Waals surface area contributed by atoms with E-state index in [-0.39, 0.29) is 0 Å². The van der Waals surface area contributed by atoms with E-state index < -0.39 is 0 Å². The molecule has 0 radical (unpaired) electrons. The molecule has 0 spiro atoms. The largest absolute Gasteiger partial charge is 0.333 e. The van der Waals surface area contributed by atoms with Gasteiger partial charge < -0.3 is 9.88 Å². The molecular weight excluding hydrogens is 224 g/mol. The van der Waals surface area contributed by atoms with Crippen LogP contribution >= 0.6 is 0 Å². The maximum absolute atomic E-state index is 4.22. The Morgan fingerprint density at radius 3 is 3.00 bits per heavy atom. The van der Waals surface area contributed by atoms with Crippen molar-refractivity contribution >= 4 is 0 Å². The van der Waals surface area contributed by atoms with Crippen molar-refractivity contribution in [2.45, 2.75) is 32.9 Å². The number of rotatable bonds is 7. The van der Waals surface area contributed by atoms with E-state index in [1.807, 2.05) is 24.8 Å². The summed E-state index contributed by atoms with van der Waals surface area (Å²) in [4.78, 5) is 8.35. The fourth-order valence-electron chi connectivity index (χ4n) is 1.89. The number of nitrogens with zero attached hydrogens (tertiary/aromatic N) is 3. The number of imidazole rings is 1. The van der Waals surface area contributed by atoms with Gasteiger partial charge in [0.25, 0.3) is 0 Å². The zero-order valence-electron chi connectivity index (χ0n) is 10.8. The zero-order chi connectivity index (χ0) is 12.6. The van der Waals surface area contributed by atoms with Crippen molar-refractivity contribution in [1.82, 2.24) is 19.9 Å². The smallest absolute Gasteiger partial charge is 0.0948 e. The van der Waals surface area contributed by atoms with Gasteiger partial charge in [-0.25, -0.2) is 4.98 Å². The van der Waals surface area contributed by atoms with Gasteiger partial charge in [-0.1, -0.05) is 13.0 Å². The Kier molecular flexibility index (Phi) is 4.90. The first kappa shape index (κ1) is 12.8. The van der Waals surface area contributed by atoms with Crippen LogP contribution in [0.2, 0.25) is 0 Å². The summed E-state index contributed by atoms with van der Waals surface area (Å²) in [7, 11) is 0. The molecule has 0 aliphatic heterocycles. The first-order valence-corrected chi connectivity index (χ1v) is 6.48. The van der Waals surface area contributed by atoms with E-state index in [2.05, 4.69) is 32.8 Å². The van der Waals surface area contributed by atoms with Crippen LogP contribution in [0, 0.1) is 0 Å². The molecule has 2 aromatic heterocycles. The van der Waals surface area contributed by atoms with E-state index in [4.69, 9.17) is 0 Å². The van der Waals surface area contributed by atoms with Gasteiger partial charge in [0.1, 0.15) is 0 Å². The molecule has 4 heteroatoms. The van der Waals surface area contributed by atoms with E-state index in [0.717, 1.165) is 32.5 Å². The maximum atomic E-state index is 4.22. The van der Waals surface area contributed by atoms with Crippen molar-refractivity contribution in [2.24, 2.45) is 0 Å². The molecule has 2 heterocycles. The van der Waals surface area contributed by atoms with Crippen LogP contribution < -0.4 is 5.32 Å². The number of aryl methyl sites for hydroxylation is 2. The van der Waals surface area contributed by atoms with Crippen molar-refractivity contribution in [1.29, 1.82) is 0 Å². The van der Waals surface area contributed by atoms with Crippen molar-refractivity contribution < 1.29 is 0 Å². The average Bonchev–Trinajstić information content (AvgIpc) is 2.86. The highest BCUT2D eigenvalue weighted by molar-refractivity contribution is 5.09. The van der Waals surface area contributed by atoms with Gasteiger partial charge in [0.15, 0.2) is 0 Å². The summed E-state index contributed by atoms with van der Waals surface area (Å²) >= 11 is 0. The molecule has 0 unspecified atom stereocenters. The fraction of sp³-hybridized carbons (Fsp3) is 0.429. The molecule has 0 saturated heterocycles. The Hall–Kier alpha value is -1.68. The van der Waals surface area contributed by atoms with Gasteiger partial charge in [-0.2, -0.15) is 0 Å². The van der Waals surface area contributed by atoms with E-state index in [1.165, 1.54) is 11.3 Å². The monoisotopic (exact) mass is 244 g/mol. The molecular formula is C14H20N4. The van der Waals surface area contributed by atoms with Crippen LogP contribution in [-0.4, -0.2) is 21.1 Å². The number of nitrogens with one attached hydrogen (secondary N) is 1. The average molecular weight is 244 g/mol. The van der Waals surface area contributed by atoms with Crippen LogP contribution in [0.4, 0.5) is 0 Å². The Labute approximate surface area is 108 Å². The van der Waals surface area contributed by atoms with Crippen molar-refractivity contribution in [3.8, 4) is 0 Å². The molecule has 0 atom stereocenters. The lowest BCUT2D eigenvalue weighted by atomic mass is 10.2. The third-order valence-corrected chi connectivity index (χ3v) is 2.90. The zero-order valence-corrected chi connectivity index (χ0v) is 10.8. The van der Waals surface area contributed by atoms with Crippen LogP contribution in [0.5, 0.6) is 0 Å². The second kappa shape index (κ2) is 6.91. The SMILES string of the molecule is CCCNCc1cncn1CCc1cccnc1. The molecule has 0 aromatic carbocycles. The highest BCUT2D eigenvalue weighted by Crippen LogP contribution is 2.04. The Bertz CT molecular complexity index is 450. The molecule has 0 amide bonds. The molecule has 18 heavy (non-hydrogen) atoms. The van der Waals surface area contributed by atoms with Crippen LogP contribution in [0.3, 0.4) is 0 Å². The number of hydrogen-bond acceptors (Lipinski definition) is 3. The van der Waals surface area contributed by atoms with Crippen molar-refractivity contribution in [3.63, 3.8) is 0 Å². The molecule has 2 rings (SSSR count).